The maximum absolute atomic E-state index is 13.3. The molecule has 1 aliphatic heterocycles. The van der Waals surface area contributed by atoms with E-state index in [1.54, 1.807) is 4.90 Å². The fraction of sp³-hybridized carbons (Fsp3) is 0.294. The molecule has 1 aliphatic rings. The minimum absolute atomic E-state index is 0.0224. The average Bonchev–Trinajstić information content (AvgIpc) is 3.04. The quantitative estimate of drug-likeness (QED) is 0.283. The van der Waals surface area contributed by atoms with Crippen LogP contribution in [0.3, 0.4) is 0 Å². The van der Waals surface area contributed by atoms with Crippen molar-refractivity contribution in [2.24, 2.45) is 0 Å². The summed E-state index contributed by atoms with van der Waals surface area (Å²) >= 11 is 0. The van der Waals surface area contributed by atoms with Crippen molar-refractivity contribution in [2.75, 3.05) is 37.6 Å². The number of carbonyl (C=O) groups excluding carboxylic acids is 2. The van der Waals surface area contributed by atoms with Crippen LogP contribution in [0.1, 0.15) is 36.2 Å². The Kier molecular flexibility index (Phi) is 8.73. The number of hydrogen-bond acceptors (Lipinski definition) is 5. The lowest BCUT2D eigenvalue weighted by Gasteiger charge is -2.37. The van der Waals surface area contributed by atoms with E-state index in [1.165, 1.54) is 5.56 Å². The van der Waals surface area contributed by atoms with Crippen molar-refractivity contribution < 1.29 is 9.59 Å². The predicted octanol–water partition coefficient (Wildman–Crippen LogP) is 5.71. The van der Waals surface area contributed by atoms with Crippen LogP contribution < -0.4 is 4.90 Å². The molecule has 2 amide bonds. The molecular weight excluding hydrogens is 510 g/mol. The lowest BCUT2D eigenvalue weighted by molar-refractivity contribution is -0.132. The highest BCUT2D eigenvalue weighted by atomic mass is 16.2. The molecule has 0 radical (unpaired) electrons. The maximum atomic E-state index is 13.3. The first kappa shape index (κ1) is 28.0. The van der Waals surface area contributed by atoms with E-state index in [2.05, 4.69) is 51.5 Å². The number of carbonyl (C=O) groups is 2. The van der Waals surface area contributed by atoms with Gasteiger partial charge in [0.15, 0.2) is 5.82 Å². The predicted molar refractivity (Wildman–Crippen MR) is 164 cm³/mol. The summed E-state index contributed by atoms with van der Waals surface area (Å²) in [5.41, 5.74) is 5.91. The first-order valence-electron chi connectivity index (χ1n) is 14.3. The number of nitrogens with zero attached hydrogens (tertiary/aromatic N) is 5. The van der Waals surface area contributed by atoms with Crippen molar-refractivity contribution in [3.05, 3.63) is 102 Å². The SMILES string of the molecule is CCC(C)N(CC(=O)N1CCN(c2ccc(-c3ccc(-c4ccccc4)cc3)nn2)CC1)C(=O)c1ccc(C)cc1. The summed E-state index contributed by atoms with van der Waals surface area (Å²) in [6.45, 7) is 8.61. The Labute approximate surface area is 242 Å². The Morgan fingerprint density at radius 2 is 1.41 bits per heavy atom. The molecule has 4 aromatic rings. The zero-order valence-corrected chi connectivity index (χ0v) is 24.0. The lowest BCUT2D eigenvalue weighted by atomic mass is 10.0. The molecule has 1 unspecified atom stereocenters. The van der Waals surface area contributed by atoms with Crippen molar-refractivity contribution >= 4 is 17.6 Å². The van der Waals surface area contributed by atoms with Gasteiger partial charge in [0.25, 0.3) is 5.91 Å². The van der Waals surface area contributed by atoms with Crippen LogP contribution >= 0.6 is 0 Å². The van der Waals surface area contributed by atoms with Gasteiger partial charge in [0.2, 0.25) is 5.91 Å². The molecular formula is C34H37N5O2. The van der Waals surface area contributed by atoms with Crippen LogP contribution in [-0.2, 0) is 4.79 Å². The van der Waals surface area contributed by atoms with Gasteiger partial charge >= 0.3 is 0 Å². The Morgan fingerprint density at radius 3 is 2.02 bits per heavy atom. The largest absolute Gasteiger partial charge is 0.352 e. The molecule has 7 nitrogen and oxygen atoms in total. The van der Waals surface area contributed by atoms with Crippen LogP contribution in [0.2, 0.25) is 0 Å². The number of rotatable bonds is 8. The van der Waals surface area contributed by atoms with E-state index < -0.39 is 0 Å². The van der Waals surface area contributed by atoms with Gasteiger partial charge in [-0.15, -0.1) is 10.2 Å². The molecule has 1 atom stereocenters. The van der Waals surface area contributed by atoms with Gasteiger partial charge in [0, 0.05) is 43.3 Å². The molecule has 5 rings (SSSR count). The third-order valence-corrected chi connectivity index (χ3v) is 7.88. The highest BCUT2D eigenvalue weighted by Gasteiger charge is 2.28. The monoisotopic (exact) mass is 547 g/mol. The number of anilines is 1. The topological polar surface area (TPSA) is 69.6 Å². The van der Waals surface area contributed by atoms with E-state index in [0.29, 0.717) is 31.7 Å². The fourth-order valence-electron chi connectivity index (χ4n) is 5.05. The molecule has 210 valence electrons. The van der Waals surface area contributed by atoms with Gasteiger partial charge in [-0.3, -0.25) is 9.59 Å². The molecule has 2 heterocycles. The van der Waals surface area contributed by atoms with Crippen LogP contribution in [0.25, 0.3) is 22.4 Å². The van der Waals surface area contributed by atoms with E-state index in [1.807, 2.05) is 80.3 Å². The van der Waals surface area contributed by atoms with Gasteiger partial charge in [-0.05, 0) is 55.7 Å². The van der Waals surface area contributed by atoms with Crippen molar-refractivity contribution in [3.63, 3.8) is 0 Å². The second kappa shape index (κ2) is 12.8. The van der Waals surface area contributed by atoms with E-state index in [9.17, 15) is 9.59 Å². The van der Waals surface area contributed by atoms with Crippen molar-refractivity contribution in [2.45, 2.75) is 33.2 Å². The van der Waals surface area contributed by atoms with E-state index in [0.717, 1.165) is 34.6 Å². The van der Waals surface area contributed by atoms with Crippen molar-refractivity contribution in [3.8, 4) is 22.4 Å². The highest BCUT2D eigenvalue weighted by Crippen LogP contribution is 2.24. The first-order chi connectivity index (χ1) is 19.9. The Bertz CT molecular complexity index is 1450. The Balaban J connectivity index is 1.17. The van der Waals surface area contributed by atoms with E-state index in [-0.39, 0.29) is 24.4 Å². The van der Waals surface area contributed by atoms with Crippen molar-refractivity contribution in [1.82, 2.24) is 20.0 Å². The number of benzene rings is 3. The standard InChI is InChI=1S/C34H37N5O2/c1-4-26(3)39(34(41)30-12-10-25(2)11-13-30)24-33(40)38-22-20-37(21-23-38)32-19-18-31(35-36-32)29-16-14-28(15-17-29)27-8-6-5-7-9-27/h5-19,26H,4,20-24H2,1-3H3. The summed E-state index contributed by atoms with van der Waals surface area (Å²) in [7, 11) is 0. The molecule has 3 aromatic carbocycles. The Morgan fingerprint density at radius 1 is 0.780 bits per heavy atom. The number of hydrogen-bond donors (Lipinski definition) is 0. The van der Waals surface area contributed by atoms with Gasteiger partial charge in [-0.25, -0.2) is 0 Å². The minimum atomic E-state index is -0.101. The number of aromatic nitrogens is 2. The molecule has 0 saturated carbocycles. The van der Waals surface area contributed by atoms with Gasteiger partial charge < -0.3 is 14.7 Å². The minimum Gasteiger partial charge on any atom is -0.352 e. The molecule has 0 spiro atoms. The summed E-state index contributed by atoms with van der Waals surface area (Å²) in [5, 5.41) is 8.98. The molecule has 1 fully saturated rings. The molecule has 0 aliphatic carbocycles. The van der Waals surface area contributed by atoms with Crippen LogP contribution in [-0.4, -0.2) is 70.6 Å². The fourth-order valence-corrected chi connectivity index (χ4v) is 5.05. The molecule has 7 heteroatoms. The summed E-state index contributed by atoms with van der Waals surface area (Å²) in [6, 6.07) is 30.1. The molecule has 0 bridgehead atoms. The highest BCUT2D eigenvalue weighted by molar-refractivity contribution is 5.96. The zero-order valence-electron chi connectivity index (χ0n) is 24.0. The van der Waals surface area contributed by atoms with Crippen LogP contribution in [0, 0.1) is 6.92 Å². The molecule has 0 N–H and O–H groups in total. The lowest BCUT2D eigenvalue weighted by Crippen LogP contribution is -2.53. The van der Waals surface area contributed by atoms with Gasteiger partial charge in [-0.1, -0.05) is 79.2 Å². The van der Waals surface area contributed by atoms with Gasteiger partial charge in [0.05, 0.1) is 5.69 Å². The molecule has 1 saturated heterocycles. The maximum Gasteiger partial charge on any atom is 0.254 e. The summed E-state index contributed by atoms with van der Waals surface area (Å²) < 4.78 is 0. The normalized spacial score (nSPS) is 14.0. The second-order valence-corrected chi connectivity index (χ2v) is 10.6. The number of aryl methyl sites for hydroxylation is 1. The molecule has 41 heavy (non-hydrogen) atoms. The zero-order chi connectivity index (χ0) is 28.8. The van der Waals surface area contributed by atoms with E-state index >= 15 is 0 Å². The van der Waals surface area contributed by atoms with Crippen molar-refractivity contribution in [1.29, 1.82) is 0 Å². The first-order valence-corrected chi connectivity index (χ1v) is 14.3. The van der Waals surface area contributed by atoms with Crippen LogP contribution in [0.15, 0.2) is 91.0 Å². The number of amides is 2. The van der Waals surface area contributed by atoms with Crippen LogP contribution in [0.4, 0.5) is 5.82 Å². The smallest absolute Gasteiger partial charge is 0.254 e. The second-order valence-electron chi connectivity index (χ2n) is 10.6. The number of piperazine rings is 1. The van der Waals surface area contributed by atoms with Gasteiger partial charge in [-0.2, -0.15) is 0 Å². The van der Waals surface area contributed by atoms with Gasteiger partial charge in [0.1, 0.15) is 6.54 Å². The van der Waals surface area contributed by atoms with Crippen LogP contribution in [0.5, 0.6) is 0 Å². The molecule has 1 aromatic heterocycles. The van der Waals surface area contributed by atoms with E-state index in [4.69, 9.17) is 0 Å². The third-order valence-electron chi connectivity index (χ3n) is 7.88. The average molecular weight is 548 g/mol. The summed E-state index contributed by atoms with van der Waals surface area (Å²) in [6.07, 6.45) is 0.782. The Hall–Kier alpha value is -4.52. The summed E-state index contributed by atoms with van der Waals surface area (Å²) in [5.74, 6) is 0.680. The third kappa shape index (κ3) is 6.62. The summed E-state index contributed by atoms with van der Waals surface area (Å²) in [4.78, 5) is 32.2.